The molecule has 0 amide bonds. The van der Waals surface area contributed by atoms with Gasteiger partial charge in [0.05, 0.1) is 6.61 Å². The second-order valence-electron chi connectivity index (χ2n) is 3.51. The summed E-state index contributed by atoms with van der Waals surface area (Å²) in [6.45, 7) is 1.43. The van der Waals surface area contributed by atoms with Crippen LogP contribution in [-0.2, 0) is 10.9 Å². The largest absolute Gasteiger partial charge is 0.462 e. The molecule has 0 aromatic carbocycles. The van der Waals surface area contributed by atoms with Crippen molar-refractivity contribution in [1.82, 2.24) is 25.1 Å². The monoisotopic (exact) mass is 287 g/mol. The van der Waals surface area contributed by atoms with Crippen molar-refractivity contribution in [3.8, 4) is 11.6 Å². The fourth-order valence-corrected chi connectivity index (χ4v) is 1.38. The lowest BCUT2D eigenvalue weighted by Crippen LogP contribution is -2.18. The molecular weight excluding hydrogens is 279 g/mol. The van der Waals surface area contributed by atoms with E-state index in [0.29, 0.717) is 0 Å². The Labute approximate surface area is 110 Å². The predicted molar refractivity (Wildman–Crippen MR) is 58.4 cm³/mol. The standard InChI is InChI=1S/C10H8F3N5O2/c1-2-20-9(19)5-3-14-7(8-15-4-16-18-8)17-6(5)10(11,12)13/h3-4H,2H2,1H3,(H,15,16,18). The third-order valence-corrected chi connectivity index (χ3v) is 2.18. The van der Waals surface area contributed by atoms with Gasteiger partial charge >= 0.3 is 12.1 Å². The number of aromatic nitrogens is 5. The molecule has 0 aliphatic carbocycles. The van der Waals surface area contributed by atoms with Gasteiger partial charge in [-0.15, -0.1) is 0 Å². The van der Waals surface area contributed by atoms with Gasteiger partial charge in [-0.2, -0.15) is 18.3 Å². The van der Waals surface area contributed by atoms with Gasteiger partial charge in [-0.05, 0) is 6.92 Å². The minimum atomic E-state index is -4.82. The van der Waals surface area contributed by atoms with Crippen molar-refractivity contribution in [2.45, 2.75) is 13.1 Å². The molecule has 1 N–H and O–H groups in total. The lowest BCUT2D eigenvalue weighted by atomic mass is 10.2. The predicted octanol–water partition coefficient (Wildman–Crippen LogP) is 1.46. The van der Waals surface area contributed by atoms with Crippen LogP contribution in [0.25, 0.3) is 11.6 Å². The Kier molecular flexibility index (Phi) is 3.63. The summed E-state index contributed by atoms with van der Waals surface area (Å²) in [4.78, 5) is 22.1. The van der Waals surface area contributed by atoms with E-state index in [1.807, 2.05) is 0 Å². The number of hydrogen-bond donors (Lipinski definition) is 1. The summed E-state index contributed by atoms with van der Waals surface area (Å²) < 4.78 is 43.3. The van der Waals surface area contributed by atoms with Crippen molar-refractivity contribution in [2.75, 3.05) is 6.61 Å². The number of H-pyrrole nitrogens is 1. The number of aromatic amines is 1. The molecule has 0 saturated carbocycles. The highest BCUT2D eigenvalue weighted by Crippen LogP contribution is 2.31. The quantitative estimate of drug-likeness (QED) is 0.859. The minimum Gasteiger partial charge on any atom is -0.462 e. The van der Waals surface area contributed by atoms with Crippen LogP contribution in [0.3, 0.4) is 0 Å². The van der Waals surface area contributed by atoms with Gasteiger partial charge in [-0.1, -0.05) is 0 Å². The van der Waals surface area contributed by atoms with E-state index in [1.54, 1.807) is 0 Å². The maximum absolute atomic E-state index is 12.9. The molecular formula is C10H8F3N5O2. The molecule has 0 bridgehead atoms. The van der Waals surface area contributed by atoms with E-state index in [0.717, 1.165) is 12.5 Å². The van der Waals surface area contributed by atoms with Crippen LogP contribution in [0, 0.1) is 0 Å². The zero-order chi connectivity index (χ0) is 14.8. The van der Waals surface area contributed by atoms with Crippen LogP contribution < -0.4 is 0 Å². The third kappa shape index (κ3) is 2.73. The van der Waals surface area contributed by atoms with Gasteiger partial charge in [0, 0.05) is 6.20 Å². The minimum absolute atomic E-state index is 0.0362. The van der Waals surface area contributed by atoms with E-state index in [4.69, 9.17) is 0 Å². The molecule has 20 heavy (non-hydrogen) atoms. The maximum Gasteiger partial charge on any atom is 0.434 e. The molecule has 0 atom stereocenters. The second-order valence-corrected chi connectivity index (χ2v) is 3.51. The van der Waals surface area contributed by atoms with Crippen molar-refractivity contribution < 1.29 is 22.7 Å². The molecule has 2 rings (SSSR count). The average Bonchev–Trinajstić information content (AvgIpc) is 2.91. The van der Waals surface area contributed by atoms with Crippen LogP contribution >= 0.6 is 0 Å². The van der Waals surface area contributed by atoms with E-state index in [1.165, 1.54) is 6.92 Å². The van der Waals surface area contributed by atoms with Crippen LogP contribution in [0.1, 0.15) is 23.0 Å². The fourth-order valence-electron chi connectivity index (χ4n) is 1.38. The van der Waals surface area contributed by atoms with Gasteiger partial charge in [0.2, 0.25) is 0 Å². The van der Waals surface area contributed by atoms with E-state index >= 15 is 0 Å². The number of nitrogens with one attached hydrogen (secondary N) is 1. The van der Waals surface area contributed by atoms with Gasteiger partial charge in [0.1, 0.15) is 11.9 Å². The number of carbonyl (C=O) groups excluding carboxylic acids is 1. The lowest BCUT2D eigenvalue weighted by Gasteiger charge is -2.11. The highest BCUT2D eigenvalue weighted by Gasteiger charge is 2.38. The number of hydrogen-bond acceptors (Lipinski definition) is 6. The van der Waals surface area contributed by atoms with Crippen LogP contribution in [0.4, 0.5) is 13.2 Å². The first-order chi connectivity index (χ1) is 9.43. The molecule has 2 heterocycles. The van der Waals surface area contributed by atoms with Gasteiger partial charge in [-0.3, -0.25) is 5.10 Å². The summed E-state index contributed by atoms with van der Waals surface area (Å²) in [6.07, 6.45) is -2.96. The Morgan fingerprint density at radius 1 is 1.40 bits per heavy atom. The highest BCUT2D eigenvalue weighted by atomic mass is 19.4. The van der Waals surface area contributed by atoms with Gasteiger partial charge in [-0.25, -0.2) is 19.7 Å². The fraction of sp³-hybridized carbons (Fsp3) is 0.300. The Bertz CT molecular complexity index is 612. The number of nitrogens with zero attached hydrogens (tertiary/aromatic N) is 4. The lowest BCUT2D eigenvalue weighted by molar-refractivity contribution is -0.141. The first-order valence-corrected chi connectivity index (χ1v) is 5.40. The smallest absolute Gasteiger partial charge is 0.434 e. The first kappa shape index (κ1) is 13.9. The van der Waals surface area contributed by atoms with Gasteiger partial charge in [0.15, 0.2) is 17.3 Å². The Morgan fingerprint density at radius 2 is 2.15 bits per heavy atom. The molecule has 10 heteroatoms. The van der Waals surface area contributed by atoms with E-state index in [9.17, 15) is 18.0 Å². The molecule has 106 valence electrons. The Balaban J connectivity index is 2.52. The first-order valence-electron chi connectivity index (χ1n) is 5.40. The summed E-state index contributed by atoms with van der Waals surface area (Å²) in [6, 6.07) is 0. The normalized spacial score (nSPS) is 11.4. The SMILES string of the molecule is CCOC(=O)c1cnc(-c2ncn[nH]2)nc1C(F)(F)F. The van der Waals surface area contributed by atoms with Crippen LogP contribution in [0.5, 0.6) is 0 Å². The molecule has 0 saturated heterocycles. The van der Waals surface area contributed by atoms with E-state index in [-0.39, 0.29) is 18.3 Å². The summed E-state index contributed by atoms with van der Waals surface area (Å²) in [7, 11) is 0. The van der Waals surface area contributed by atoms with Crippen molar-refractivity contribution >= 4 is 5.97 Å². The van der Waals surface area contributed by atoms with Gasteiger partial charge in [0.25, 0.3) is 0 Å². The third-order valence-electron chi connectivity index (χ3n) is 2.18. The molecule has 0 fully saturated rings. The number of carbonyl (C=O) groups is 1. The Hall–Kier alpha value is -2.52. The van der Waals surface area contributed by atoms with Crippen LogP contribution in [0.2, 0.25) is 0 Å². The molecule has 7 nitrogen and oxygen atoms in total. The molecule has 0 aliphatic rings. The number of ether oxygens (including phenoxy) is 1. The topological polar surface area (TPSA) is 93.6 Å². The molecule has 0 aliphatic heterocycles. The highest BCUT2D eigenvalue weighted by molar-refractivity contribution is 5.90. The molecule has 2 aromatic rings. The Morgan fingerprint density at radius 3 is 2.70 bits per heavy atom. The molecule has 0 radical (unpaired) electrons. The summed E-state index contributed by atoms with van der Waals surface area (Å²) in [5.41, 5.74) is -2.13. The maximum atomic E-state index is 12.9. The van der Waals surface area contributed by atoms with Crippen molar-refractivity contribution in [2.24, 2.45) is 0 Å². The van der Waals surface area contributed by atoms with Gasteiger partial charge < -0.3 is 4.74 Å². The number of esters is 1. The van der Waals surface area contributed by atoms with Crippen molar-refractivity contribution in [3.05, 3.63) is 23.8 Å². The van der Waals surface area contributed by atoms with Crippen molar-refractivity contribution in [3.63, 3.8) is 0 Å². The van der Waals surface area contributed by atoms with Crippen LogP contribution in [-0.4, -0.2) is 37.7 Å². The van der Waals surface area contributed by atoms with E-state index < -0.39 is 23.4 Å². The zero-order valence-corrected chi connectivity index (χ0v) is 10.1. The molecule has 0 unspecified atom stereocenters. The number of rotatable bonds is 3. The summed E-state index contributed by atoms with van der Waals surface area (Å²) in [5.74, 6) is -1.49. The molecule has 2 aromatic heterocycles. The molecule has 0 spiro atoms. The van der Waals surface area contributed by atoms with Crippen molar-refractivity contribution in [1.29, 1.82) is 0 Å². The summed E-state index contributed by atoms with van der Waals surface area (Å²) >= 11 is 0. The zero-order valence-electron chi connectivity index (χ0n) is 10.1. The number of alkyl halides is 3. The average molecular weight is 287 g/mol. The second kappa shape index (κ2) is 5.23. The summed E-state index contributed by atoms with van der Waals surface area (Å²) in [5, 5.41) is 5.82. The number of halogens is 3. The van der Waals surface area contributed by atoms with E-state index in [2.05, 4.69) is 29.9 Å². The van der Waals surface area contributed by atoms with Crippen LogP contribution in [0.15, 0.2) is 12.5 Å².